The van der Waals surface area contributed by atoms with Gasteiger partial charge in [0, 0.05) is 6.08 Å². The molecular weight excluding hydrogens is 307 g/mol. The molecule has 2 N–H and O–H groups in total. The minimum atomic E-state index is -4.08. The Balaban J connectivity index is 2.80. The lowest BCUT2D eigenvalue weighted by Crippen LogP contribution is -2.41. The van der Waals surface area contributed by atoms with Crippen LogP contribution in [0.5, 0.6) is 0 Å². The highest BCUT2D eigenvalue weighted by molar-refractivity contribution is 7.51. The number of carbonyl (C=O) groups is 1. The molecule has 0 aliphatic heterocycles. The minimum Gasteiger partial charge on any atom is -0.454 e. The van der Waals surface area contributed by atoms with Crippen molar-refractivity contribution in [3.05, 3.63) is 36.0 Å². The monoisotopic (exact) mass is 330 g/mol. The largest absolute Gasteiger partial charge is 0.454 e. The van der Waals surface area contributed by atoms with Gasteiger partial charge in [0.15, 0.2) is 0 Å². The fraction of sp³-hybridized carbons (Fsp3) is 0.533. The number of esters is 1. The maximum atomic E-state index is 11.5. The highest BCUT2D eigenvalue weighted by atomic mass is 31.2. The molecule has 1 rings (SSSR count). The van der Waals surface area contributed by atoms with E-state index in [1.807, 2.05) is 32.9 Å². The van der Waals surface area contributed by atoms with Crippen LogP contribution < -0.4 is 0 Å². The van der Waals surface area contributed by atoms with Gasteiger partial charge in [-0.1, -0.05) is 24.3 Å². The van der Waals surface area contributed by atoms with Crippen molar-refractivity contribution in [1.82, 2.24) is 0 Å². The summed E-state index contributed by atoms with van der Waals surface area (Å²) in [7, 11) is -4.08. The standard InChI is InChI=1S/C15H23O6P/c1-5-13(16)21-14-12(3)8-11(2)9-15(14,4)10-20-6-7-22(17,18)19/h5,8-9,14H,1,6-7,10H2,2-4H3,(H2,17,18,19). The zero-order valence-corrected chi connectivity index (χ0v) is 14.0. The van der Waals surface area contributed by atoms with E-state index in [-0.39, 0.29) is 19.4 Å². The van der Waals surface area contributed by atoms with Gasteiger partial charge in [-0.15, -0.1) is 0 Å². The SMILES string of the molecule is C=CC(=O)OC1C(C)=CC(C)=CC1(C)COCCP(=O)(O)O. The van der Waals surface area contributed by atoms with E-state index in [0.29, 0.717) is 0 Å². The smallest absolute Gasteiger partial charge is 0.330 e. The molecule has 124 valence electrons. The third kappa shape index (κ3) is 5.54. The van der Waals surface area contributed by atoms with Crippen LogP contribution in [0.25, 0.3) is 0 Å². The Hall–Kier alpha value is -1.20. The average molecular weight is 330 g/mol. The molecular formula is C15H23O6P. The third-order valence-corrected chi connectivity index (χ3v) is 4.13. The van der Waals surface area contributed by atoms with Crippen molar-refractivity contribution in [2.75, 3.05) is 19.4 Å². The highest BCUT2D eigenvalue weighted by Crippen LogP contribution is 2.38. The lowest BCUT2D eigenvalue weighted by molar-refractivity contribution is -0.147. The van der Waals surface area contributed by atoms with Gasteiger partial charge in [0.1, 0.15) is 6.10 Å². The van der Waals surface area contributed by atoms with Crippen molar-refractivity contribution in [1.29, 1.82) is 0 Å². The maximum absolute atomic E-state index is 11.5. The fourth-order valence-corrected chi connectivity index (χ4v) is 2.94. The molecule has 6 nitrogen and oxygen atoms in total. The lowest BCUT2D eigenvalue weighted by atomic mass is 9.76. The van der Waals surface area contributed by atoms with Crippen LogP contribution >= 0.6 is 7.60 Å². The number of hydrogen-bond donors (Lipinski definition) is 2. The van der Waals surface area contributed by atoms with Crippen molar-refractivity contribution in [2.45, 2.75) is 26.9 Å². The van der Waals surface area contributed by atoms with Crippen molar-refractivity contribution in [3.8, 4) is 0 Å². The van der Waals surface area contributed by atoms with Crippen LogP contribution in [0, 0.1) is 5.41 Å². The minimum absolute atomic E-state index is 0.0579. The first kappa shape index (κ1) is 18.8. The summed E-state index contributed by atoms with van der Waals surface area (Å²) >= 11 is 0. The van der Waals surface area contributed by atoms with Gasteiger partial charge in [0.05, 0.1) is 24.8 Å². The van der Waals surface area contributed by atoms with Gasteiger partial charge in [-0.3, -0.25) is 4.57 Å². The Labute approximate surface area is 130 Å². The van der Waals surface area contributed by atoms with Crippen molar-refractivity contribution >= 4 is 13.6 Å². The summed E-state index contributed by atoms with van der Waals surface area (Å²) in [6, 6.07) is 0. The average Bonchev–Trinajstić information content (AvgIpc) is 2.37. The molecule has 0 saturated carbocycles. The summed E-state index contributed by atoms with van der Waals surface area (Å²) in [6.45, 7) is 9.20. The van der Waals surface area contributed by atoms with E-state index in [1.165, 1.54) is 0 Å². The first-order valence-electron chi connectivity index (χ1n) is 6.90. The Morgan fingerprint density at radius 2 is 2.14 bits per heavy atom. The number of allylic oxidation sites excluding steroid dienone is 2. The third-order valence-electron chi connectivity index (χ3n) is 3.37. The summed E-state index contributed by atoms with van der Waals surface area (Å²) in [6.07, 6.45) is 4.14. The Morgan fingerprint density at radius 3 is 2.68 bits per heavy atom. The number of ether oxygens (including phenoxy) is 2. The van der Waals surface area contributed by atoms with Crippen LogP contribution in [0.15, 0.2) is 36.0 Å². The van der Waals surface area contributed by atoms with E-state index in [1.54, 1.807) is 0 Å². The molecule has 0 aromatic rings. The molecule has 2 atom stereocenters. The number of carbonyl (C=O) groups excluding carboxylic acids is 1. The van der Waals surface area contributed by atoms with Crippen LogP contribution in [-0.2, 0) is 18.8 Å². The Bertz CT molecular complexity index is 544. The molecule has 1 aliphatic carbocycles. The van der Waals surface area contributed by atoms with E-state index >= 15 is 0 Å². The second kappa shape index (κ2) is 7.38. The van der Waals surface area contributed by atoms with E-state index < -0.39 is 25.1 Å². The Kier molecular flexibility index (Phi) is 6.32. The van der Waals surface area contributed by atoms with Gasteiger partial charge in [-0.25, -0.2) is 4.79 Å². The van der Waals surface area contributed by atoms with Crippen molar-refractivity contribution < 1.29 is 28.6 Å². The van der Waals surface area contributed by atoms with E-state index in [0.717, 1.165) is 17.2 Å². The van der Waals surface area contributed by atoms with Crippen LogP contribution in [0.1, 0.15) is 20.8 Å². The Morgan fingerprint density at radius 1 is 1.50 bits per heavy atom. The van der Waals surface area contributed by atoms with Gasteiger partial charge in [0.2, 0.25) is 0 Å². The molecule has 0 fully saturated rings. The molecule has 0 heterocycles. The van der Waals surface area contributed by atoms with Gasteiger partial charge < -0.3 is 19.3 Å². The van der Waals surface area contributed by atoms with Crippen LogP contribution in [0.2, 0.25) is 0 Å². The zero-order chi connectivity index (χ0) is 17.0. The van der Waals surface area contributed by atoms with Crippen LogP contribution in [0.4, 0.5) is 0 Å². The second-order valence-corrected chi connectivity index (χ2v) is 7.52. The molecule has 1 aliphatic rings. The maximum Gasteiger partial charge on any atom is 0.330 e. The molecule has 0 aromatic carbocycles. The highest BCUT2D eigenvalue weighted by Gasteiger charge is 2.38. The molecule has 7 heteroatoms. The van der Waals surface area contributed by atoms with Crippen LogP contribution in [-0.4, -0.2) is 41.2 Å². The lowest BCUT2D eigenvalue weighted by Gasteiger charge is -2.38. The summed E-state index contributed by atoms with van der Waals surface area (Å²) in [4.78, 5) is 29.2. The summed E-state index contributed by atoms with van der Waals surface area (Å²) in [5.41, 5.74) is 1.30. The molecule has 0 saturated heterocycles. The van der Waals surface area contributed by atoms with Gasteiger partial charge in [0.25, 0.3) is 0 Å². The molecule has 22 heavy (non-hydrogen) atoms. The summed E-state index contributed by atoms with van der Waals surface area (Å²) in [5.74, 6) is -0.521. The van der Waals surface area contributed by atoms with Gasteiger partial charge in [-0.2, -0.15) is 0 Å². The van der Waals surface area contributed by atoms with Crippen LogP contribution in [0.3, 0.4) is 0 Å². The molecule has 2 unspecified atom stereocenters. The fourth-order valence-electron chi connectivity index (χ4n) is 2.58. The van der Waals surface area contributed by atoms with E-state index in [4.69, 9.17) is 19.3 Å². The zero-order valence-electron chi connectivity index (χ0n) is 13.1. The van der Waals surface area contributed by atoms with E-state index in [2.05, 4.69) is 6.58 Å². The first-order chi connectivity index (χ1) is 10.1. The van der Waals surface area contributed by atoms with Gasteiger partial charge in [-0.05, 0) is 26.3 Å². The topological polar surface area (TPSA) is 93.1 Å². The molecule has 0 radical (unpaired) electrons. The second-order valence-electron chi connectivity index (χ2n) is 5.74. The van der Waals surface area contributed by atoms with Crippen molar-refractivity contribution in [3.63, 3.8) is 0 Å². The number of rotatable bonds is 7. The predicted molar refractivity (Wildman–Crippen MR) is 83.4 cm³/mol. The molecule has 0 spiro atoms. The number of hydrogen-bond acceptors (Lipinski definition) is 4. The molecule has 0 amide bonds. The summed E-state index contributed by atoms with van der Waals surface area (Å²) in [5, 5.41) is 0. The van der Waals surface area contributed by atoms with Crippen molar-refractivity contribution in [2.24, 2.45) is 5.41 Å². The quantitative estimate of drug-likeness (QED) is 0.322. The molecule has 0 aromatic heterocycles. The first-order valence-corrected chi connectivity index (χ1v) is 8.70. The van der Waals surface area contributed by atoms with E-state index in [9.17, 15) is 9.36 Å². The molecule has 0 bridgehead atoms. The predicted octanol–water partition coefficient (Wildman–Crippen LogP) is 2.19. The van der Waals surface area contributed by atoms with Gasteiger partial charge >= 0.3 is 13.6 Å². The normalized spacial score (nSPS) is 25.2. The summed E-state index contributed by atoms with van der Waals surface area (Å²) < 4.78 is 21.7.